The minimum absolute atomic E-state index is 0.283. The second kappa shape index (κ2) is 2.52. The highest BCUT2D eigenvalue weighted by Crippen LogP contribution is 2.11. The first-order valence-corrected chi connectivity index (χ1v) is 3.57. The van der Waals surface area contributed by atoms with Gasteiger partial charge in [-0.1, -0.05) is 0 Å². The SMILES string of the molecule is Cc1n[c]c2ccc(F)cc2n1. The predicted octanol–water partition coefficient (Wildman–Crippen LogP) is 1.88. The molecule has 2 aromatic rings. The molecular formula is C9H6FN2. The maximum atomic E-state index is 12.7. The lowest BCUT2D eigenvalue weighted by Crippen LogP contribution is -1.88. The van der Waals surface area contributed by atoms with Crippen LogP contribution in [0.1, 0.15) is 5.82 Å². The fourth-order valence-electron chi connectivity index (χ4n) is 1.03. The third kappa shape index (κ3) is 1.13. The molecule has 0 saturated heterocycles. The Morgan fingerprint density at radius 3 is 3.08 bits per heavy atom. The number of rotatable bonds is 0. The van der Waals surface area contributed by atoms with Crippen molar-refractivity contribution in [3.8, 4) is 0 Å². The number of aromatic nitrogens is 2. The third-order valence-electron chi connectivity index (χ3n) is 1.58. The first-order valence-electron chi connectivity index (χ1n) is 3.57. The van der Waals surface area contributed by atoms with Crippen LogP contribution in [0.4, 0.5) is 4.39 Å². The van der Waals surface area contributed by atoms with Crippen LogP contribution in [-0.2, 0) is 0 Å². The number of aryl methyl sites for hydroxylation is 1. The van der Waals surface area contributed by atoms with E-state index >= 15 is 0 Å². The summed E-state index contributed by atoms with van der Waals surface area (Å²) in [5.74, 6) is 0.321. The summed E-state index contributed by atoms with van der Waals surface area (Å²) in [6.45, 7) is 1.75. The Balaban J connectivity index is 2.80. The van der Waals surface area contributed by atoms with Crippen LogP contribution in [0.25, 0.3) is 10.9 Å². The zero-order valence-corrected chi connectivity index (χ0v) is 6.50. The second-order valence-corrected chi connectivity index (χ2v) is 2.54. The molecule has 1 aromatic heterocycles. The summed E-state index contributed by atoms with van der Waals surface area (Å²) in [7, 11) is 0. The normalized spacial score (nSPS) is 10.5. The zero-order valence-electron chi connectivity index (χ0n) is 6.50. The van der Waals surface area contributed by atoms with Gasteiger partial charge in [-0.2, -0.15) is 0 Å². The molecule has 0 saturated carbocycles. The van der Waals surface area contributed by atoms with E-state index in [1.54, 1.807) is 13.0 Å². The summed E-state index contributed by atoms with van der Waals surface area (Å²) in [5.41, 5.74) is 0.600. The number of hydrogen-bond acceptors (Lipinski definition) is 2. The van der Waals surface area contributed by atoms with Gasteiger partial charge in [-0.05, 0) is 19.1 Å². The van der Waals surface area contributed by atoms with Crippen LogP contribution in [0.5, 0.6) is 0 Å². The van der Waals surface area contributed by atoms with Gasteiger partial charge in [0.05, 0.1) is 5.52 Å². The molecule has 1 radical (unpaired) electrons. The summed E-state index contributed by atoms with van der Waals surface area (Å²) in [6.07, 6.45) is 2.77. The summed E-state index contributed by atoms with van der Waals surface area (Å²) in [4.78, 5) is 7.93. The van der Waals surface area contributed by atoms with Gasteiger partial charge in [0.15, 0.2) is 0 Å². The molecule has 1 heterocycles. The molecular weight excluding hydrogens is 155 g/mol. The van der Waals surface area contributed by atoms with Crippen LogP contribution in [-0.4, -0.2) is 9.97 Å². The Bertz CT molecular complexity index is 389. The highest BCUT2D eigenvalue weighted by Gasteiger charge is 1.97. The lowest BCUT2D eigenvalue weighted by molar-refractivity contribution is 0.629. The standard InChI is InChI=1S/C9H6FN2/c1-6-11-5-7-2-3-8(10)4-9(7)12-6/h2-4H,1H3. The molecule has 59 valence electrons. The maximum absolute atomic E-state index is 12.7. The Morgan fingerprint density at radius 2 is 2.25 bits per heavy atom. The number of fused-ring (bicyclic) bond motifs is 1. The molecule has 0 unspecified atom stereocenters. The van der Waals surface area contributed by atoms with Gasteiger partial charge >= 0.3 is 0 Å². The van der Waals surface area contributed by atoms with Gasteiger partial charge in [-0.3, -0.25) is 0 Å². The highest BCUT2D eigenvalue weighted by atomic mass is 19.1. The van der Waals surface area contributed by atoms with Crippen molar-refractivity contribution in [2.45, 2.75) is 6.92 Å². The topological polar surface area (TPSA) is 25.8 Å². The van der Waals surface area contributed by atoms with Gasteiger partial charge in [0.1, 0.15) is 17.8 Å². The zero-order chi connectivity index (χ0) is 8.55. The molecule has 12 heavy (non-hydrogen) atoms. The van der Waals surface area contributed by atoms with Gasteiger partial charge in [0.25, 0.3) is 0 Å². The van der Waals surface area contributed by atoms with Crippen molar-refractivity contribution in [2.75, 3.05) is 0 Å². The molecule has 1 aromatic carbocycles. The summed E-state index contributed by atoms with van der Waals surface area (Å²) in [5, 5.41) is 0.738. The van der Waals surface area contributed by atoms with Crippen LogP contribution < -0.4 is 0 Å². The van der Waals surface area contributed by atoms with Gasteiger partial charge in [-0.15, -0.1) is 0 Å². The molecule has 3 heteroatoms. The fourth-order valence-corrected chi connectivity index (χ4v) is 1.03. The van der Waals surface area contributed by atoms with E-state index in [1.165, 1.54) is 12.1 Å². The second-order valence-electron chi connectivity index (χ2n) is 2.54. The first kappa shape index (κ1) is 7.16. The summed E-state index contributed by atoms with van der Waals surface area (Å²) in [6, 6.07) is 4.36. The lowest BCUT2D eigenvalue weighted by atomic mass is 10.2. The van der Waals surface area contributed by atoms with Crippen molar-refractivity contribution >= 4 is 10.9 Å². The number of nitrogens with zero attached hydrogens (tertiary/aromatic N) is 2. The maximum Gasteiger partial charge on any atom is 0.126 e. The van der Waals surface area contributed by atoms with Crippen LogP contribution in [0.2, 0.25) is 0 Å². The Kier molecular flexibility index (Phi) is 1.50. The minimum Gasteiger partial charge on any atom is -0.233 e. The third-order valence-corrected chi connectivity index (χ3v) is 1.58. The molecule has 0 aliphatic heterocycles. The molecule has 2 nitrogen and oxygen atoms in total. The van der Waals surface area contributed by atoms with E-state index < -0.39 is 0 Å². The smallest absolute Gasteiger partial charge is 0.126 e. The fraction of sp³-hybridized carbons (Fsp3) is 0.111. The van der Waals surface area contributed by atoms with Crippen molar-refractivity contribution in [1.82, 2.24) is 9.97 Å². The first-order chi connectivity index (χ1) is 5.75. The number of halogens is 1. The molecule has 0 aliphatic carbocycles. The monoisotopic (exact) mass is 161 g/mol. The molecule has 0 aliphatic rings. The van der Waals surface area contributed by atoms with Crippen molar-refractivity contribution in [3.05, 3.63) is 36.0 Å². The molecule has 0 bridgehead atoms. The van der Waals surface area contributed by atoms with Crippen molar-refractivity contribution in [3.63, 3.8) is 0 Å². The van der Waals surface area contributed by atoms with Crippen LogP contribution in [0.15, 0.2) is 18.2 Å². The molecule has 0 fully saturated rings. The predicted molar refractivity (Wildman–Crippen MR) is 43.1 cm³/mol. The average Bonchev–Trinajstić information content (AvgIpc) is 2.03. The van der Waals surface area contributed by atoms with E-state index in [0.29, 0.717) is 11.3 Å². The number of benzene rings is 1. The van der Waals surface area contributed by atoms with Crippen LogP contribution >= 0.6 is 0 Å². The Labute approximate surface area is 69.1 Å². The lowest BCUT2D eigenvalue weighted by Gasteiger charge is -1.96. The van der Waals surface area contributed by atoms with E-state index in [1.807, 2.05) is 0 Å². The largest absolute Gasteiger partial charge is 0.233 e. The highest BCUT2D eigenvalue weighted by molar-refractivity contribution is 5.76. The van der Waals surface area contributed by atoms with E-state index in [4.69, 9.17) is 0 Å². The Morgan fingerprint density at radius 1 is 1.42 bits per heavy atom. The van der Waals surface area contributed by atoms with Crippen molar-refractivity contribution in [1.29, 1.82) is 0 Å². The minimum atomic E-state index is -0.283. The van der Waals surface area contributed by atoms with Gasteiger partial charge in [0.2, 0.25) is 0 Å². The van der Waals surface area contributed by atoms with Crippen molar-refractivity contribution in [2.24, 2.45) is 0 Å². The average molecular weight is 161 g/mol. The van der Waals surface area contributed by atoms with Crippen molar-refractivity contribution < 1.29 is 4.39 Å². The van der Waals surface area contributed by atoms with Gasteiger partial charge in [0, 0.05) is 11.5 Å². The Hall–Kier alpha value is -1.51. The van der Waals surface area contributed by atoms with E-state index in [0.717, 1.165) is 5.39 Å². The van der Waals surface area contributed by atoms with E-state index in [2.05, 4.69) is 16.2 Å². The molecule has 0 N–H and O–H groups in total. The molecule has 0 amide bonds. The molecule has 0 atom stereocenters. The van der Waals surface area contributed by atoms with E-state index in [-0.39, 0.29) is 5.82 Å². The summed E-state index contributed by atoms with van der Waals surface area (Å²) >= 11 is 0. The molecule has 2 rings (SSSR count). The van der Waals surface area contributed by atoms with Crippen LogP contribution in [0, 0.1) is 18.9 Å². The quantitative estimate of drug-likeness (QED) is 0.589. The van der Waals surface area contributed by atoms with E-state index in [9.17, 15) is 4.39 Å². The van der Waals surface area contributed by atoms with Gasteiger partial charge < -0.3 is 0 Å². The number of hydrogen-bond donors (Lipinski definition) is 0. The molecule has 0 spiro atoms. The summed E-state index contributed by atoms with van der Waals surface area (Å²) < 4.78 is 12.7. The van der Waals surface area contributed by atoms with Gasteiger partial charge in [-0.25, -0.2) is 14.4 Å². The van der Waals surface area contributed by atoms with Crippen LogP contribution in [0.3, 0.4) is 0 Å².